The minimum absolute atomic E-state index is 0.682. The summed E-state index contributed by atoms with van der Waals surface area (Å²) in [5.74, 6) is 1.73. The summed E-state index contributed by atoms with van der Waals surface area (Å²) in [5.41, 5.74) is 0. The number of hydrogen-bond donors (Lipinski definition) is 1. The summed E-state index contributed by atoms with van der Waals surface area (Å²) in [7, 11) is 0. The SMILES string of the molecule is SCCCCCOc1ccccc1Cl. The molecule has 0 N–H and O–H groups in total. The Hall–Kier alpha value is -0.340. The molecule has 0 aliphatic rings. The quantitative estimate of drug-likeness (QED) is 0.578. The smallest absolute Gasteiger partial charge is 0.137 e. The van der Waals surface area contributed by atoms with E-state index in [0.29, 0.717) is 5.02 Å². The van der Waals surface area contributed by atoms with Crippen LogP contribution in [0.5, 0.6) is 5.75 Å². The Balaban J connectivity index is 2.21. The van der Waals surface area contributed by atoms with E-state index in [9.17, 15) is 0 Å². The summed E-state index contributed by atoms with van der Waals surface area (Å²) < 4.78 is 5.53. The van der Waals surface area contributed by atoms with E-state index in [1.165, 1.54) is 0 Å². The van der Waals surface area contributed by atoms with Crippen molar-refractivity contribution in [1.82, 2.24) is 0 Å². The molecular weight excluding hydrogens is 216 g/mol. The van der Waals surface area contributed by atoms with Crippen LogP contribution >= 0.6 is 24.2 Å². The number of halogens is 1. The average Bonchev–Trinajstić information content (AvgIpc) is 2.20. The summed E-state index contributed by atoms with van der Waals surface area (Å²) in [4.78, 5) is 0. The van der Waals surface area contributed by atoms with Crippen molar-refractivity contribution in [1.29, 1.82) is 0 Å². The van der Waals surface area contributed by atoms with E-state index in [-0.39, 0.29) is 0 Å². The first-order valence-electron chi connectivity index (χ1n) is 4.83. The second-order valence-corrected chi connectivity index (χ2v) is 3.92. The Bertz CT molecular complexity index is 265. The Morgan fingerprint density at radius 1 is 1.14 bits per heavy atom. The van der Waals surface area contributed by atoms with Gasteiger partial charge in [0.1, 0.15) is 5.75 Å². The van der Waals surface area contributed by atoms with Crippen LogP contribution < -0.4 is 4.74 Å². The van der Waals surface area contributed by atoms with Crippen molar-refractivity contribution >= 4 is 24.2 Å². The molecule has 1 nitrogen and oxygen atoms in total. The molecule has 0 radical (unpaired) electrons. The number of hydrogen-bond acceptors (Lipinski definition) is 2. The van der Waals surface area contributed by atoms with Gasteiger partial charge >= 0.3 is 0 Å². The van der Waals surface area contributed by atoms with Crippen molar-refractivity contribution in [3.8, 4) is 5.75 Å². The maximum Gasteiger partial charge on any atom is 0.137 e. The molecule has 0 heterocycles. The molecule has 0 atom stereocenters. The van der Waals surface area contributed by atoms with Crippen molar-refractivity contribution in [3.63, 3.8) is 0 Å². The van der Waals surface area contributed by atoms with Gasteiger partial charge < -0.3 is 4.74 Å². The van der Waals surface area contributed by atoms with Crippen LogP contribution in [0.3, 0.4) is 0 Å². The molecule has 14 heavy (non-hydrogen) atoms. The predicted octanol–water partition coefficient (Wildman–Crippen LogP) is 3.82. The normalized spacial score (nSPS) is 10.1. The molecule has 3 heteroatoms. The fourth-order valence-corrected chi connectivity index (χ4v) is 1.55. The van der Waals surface area contributed by atoms with Crippen LogP contribution in [0.15, 0.2) is 24.3 Å². The minimum Gasteiger partial charge on any atom is -0.492 e. The Labute approximate surface area is 95.8 Å². The molecule has 0 unspecified atom stereocenters. The molecule has 1 aromatic rings. The lowest BCUT2D eigenvalue weighted by atomic mass is 10.3. The number of rotatable bonds is 6. The summed E-state index contributed by atoms with van der Waals surface area (Å²) in [6.45, 7) is 0.734. The van der Waals surface area contributed by atoms with Crippen LogP contribution in [0.2, 0.25) is 5.02 Å². The van der Waals surface area contributed by atoms with Gasteiger partial charge in [-0.2, -0.15) is 12.6 Å². The summed E-state index contributed by atoms with van der Waals surface area (Å²) in [6.07, 6.45) is 3.37. The number of ether oxygens (including phenoxy) is 1. The highest BCUT2D eigenvalue weighted by atomic mass is 35.5. The topological polar surface area (TPSA) is 9.23 Å². The van der Waals surface area contributed by atoms with Crippen molar-refractivity contribution < 1.29 is 4.74 Å². The van der Waals surface area contributed by atoms with Crippen LogP contribution in [0.25, 0.3) is 0 Å². The molecule has 0 amide bonds. The Morgan fingerprint density at radius 2 is 1.93 bits per heavy atom. The van der Waals surface area contributed by atoms with Crippen molar-refractivity contribution in [2.45, 2.75) is 19.3 Å². The van der Waals surface area contributed by atoms with Crippen molar-refractivity contribution in [2.75, 3.05) is 12.4 Å². The van der Waals surface area contributed by atoms with E-state index >= 15 is 0 Å². The molecule has 1 rings (SSSR count). The lowest BCUT2D eigenvalue weighted by molar-refractivity contribution is 0.306. The number of unbranched alkanes of at least 4 members (excludes halogenated alkanes) is 2. The second-order valence-electron chi connectivity index (χ2n) is 3.06. The molecule has 78 valence electrons. The molecule has 0 fully saturated rings. The zero-order chi connectivity index (χ0) is 10.2. The van der Waals surface area contributed by atoms with Crippen molar-refractivity contribution in [2.24, 2.45) is 0 Å². The van der Waals surface area contributed by atoms with Gasteiger partial charge in [-0.1, -0.05) is 23.7 Å². The summed E-state index contributed by atoms with van der Waals surface area (Å²) >= 11 is 10.1. The molecular formula is C11H15ClOS. The molecule has 0 aromatic heterocycles. The molecule has 0 saturated heterocycles. The Kier molecular flexibility index (Phi) is 5.88. The third-order valence-electron chi connectivity index (χ3n) is 1.90. The zero-order valence-electron chi connectivity index (χ0n) is 8.08. The van der Waals surface area contributed by atoms with Gasteiger partial charge in [-0.3, -0.25) is 0 Å². The maximum atomic E-state index is 5.93. The summed E-state index contributed by atoms with van der Waals surface area (Å²) in [6, 6.07) is 7.55. The lowest BCUT2D eigenvalue weighted by Gasteiger charge is -2.06. The first-order chi connectivity index (χ1) is 6.84. The van der Waals surface area contributed by atoms with Gasteiger partial charge in [0, 0.05) is 0 Å². The first kappa shape index (κ1) is 11.7. The van der Waals surface area contributed by atoms with Gasteiger partial charge in [-0.05, 0) is 37.1 Å². The number of thiol groups is 1. The molecule has 0 saturated carbocycles. The van der Waals surface area contributed by atoms with Crippen LogP contribution in [-0.2, 0) is 0 Å². The van der Waals surface area contributed by atoms with Gasteiger partial charge in [0.15, 0.2) is 0 Å². The molecule has 0 bridgehead atoms. The van der Waals surface area contributed by atoms with Crippen LogP contribution in [0.4, 0.5) is 0 Å². The Morgan fingerprint density at radius 3 is 2.64 bits per heavy atom. The van der Waals surface area contributed by atoms with E-state index in [4.69, 9.17) is 16.3 Å². The third kappa shape index (κ3) is 4.25. The monoisotopic (exact) mass is 230 g/mol. The van der Waals surface area contributed by atoms with E-state index in [2.05, 4.69) is 12.6 Å². The van der Waals surface area contributed by atoms with Crippen LogP contribution in [0.1, 0.15) is 19.3 Å². The first-order valence-corrected chi connectivity index (χ1v) is 5.84. The standard InChI is InChI=1S/C11H15ClOS/c12-10-6-2-3-7-11(10)13-8-4-1-5-9-14/h2-3,6-7,14H,1,4-5,8-9H2. The fourth-order valence-electron chi connectivity index (χ4n) is 1.13. The third-order valence-corrected chi connectivity index (χ3v) is 2.53. The van der Waals surface area contributed by atoms with Crippen LogP contribution in [0, 0.1) is 0 Å². The maximum absolute atomic E-state index is 5.93. The lowest BCUT2D eigenvalue weighted by Crippen LogP contribution is -1.97. The van der Waals surface area contributed by atoms with E-state index < -0.39 is 0 Å². The number of benzene rings is 1. The van der Waals surface area contributed by atoms with Gasteiger partial charge in [-0.25, -0.2) is 0 Å². The minimum atomic E-state index is 0.682. The van der Waals surface area contributed by atoms with Gasteiger partial charge in [-0.15, -0.1) is 0 Å². The van der Waals surface area contributed by atoms with Crippen molar-refractivity contribution in [3.05, 3.63) is 29.3 Å². The highest BCUT2D eigenvalue weighted by Gasteiger charge is 1.98. The highest BCUT2D eigenvalue weighted by Crippen LogP contribution is 2.23. The molecule has 0 spiro atoms. The second kappa shape index (κ2) is 7.02. The largest absolute Gasteiger partial charge is 0.492 e. The predicted molar refractivity (Wildman–Crippen MR) is 64.7 cm³/mol. The van der Waals surface area contributed by atoms with Gasteiger partial charge in [0.05, 0.1) is 11.6 Å². The zero-order valence-corrected chi connectivity index (χ0v) is 9.73. The average molecular weight is 231 g/mol. The molecule has 1 aromatic carbocycles. The summed E-state index contributed by atoms with van der Waals surface area (Å²) in [5, 5.41) is 0.682. The fraction of sp³-hybridized carbons (Fsp3) is 0.455. The van der Waals surface area contributed by atoms with Crippen LogP contribution in [-0.4, -0.2) is 12.4 Å². The highest BCUT2D eigenvalue weighted by molar-refractivity contribution is 7.80. The van der Waals surface area contributed by atoms with Gasteiger partial charge in [0.2, 0.25) is 0 Å². The molecule has 0 aliphatic carbocycles. The van der Waals surface area contributed by atoms with E-state index in [1.807, 2.05) is 24.3 Å². The molecule has 0 aliphatic heterocycles. The number of para-hydroxylation sites is 1. The van der Waals surface area contributed by atoms with Gasteiger partial charge in [0.25, 0.3) is 0 Å². The van der Waals surface area contributed by atoms with E-state index in [1.54, 1.807) is 0 Å². The van der Waals surface area contributed by atoms with E-state index in [0.717, 1.165) is 37.4 Å².